The van der Waals surface area contributed by atoms with E-state index in [2.05, 4.69) is 34.1 Å². The first-order valence-corrected chi connectivity index (χ1v) is 12.0. The summed E-state index contributed by atoms with van der Waals surface area (Å²) < 4.78 is 13.1. The molecule has 0 saturated carbocycles. The van der Waals surface area contributed by atoms with Crippen LogP contribution in [0.2, 0.25) is 0 Å². The van der Waals surface area contributed by atoms with E-state index in [0.717, 1.165) is 49.3 Å². The molecule has 0 aliphatic carbocycles. The molecule has 0 radical (unpaired) electrons. The SMILES string of the molecule is CCOC(=O)c1c(C)n(C)c2ccc(OCC(O)CN3CCN(Cc4ccccc4)CC3)cc12.Cl. The van der Waals surface area contributed by atoms with E-state index in [0.29, 0.717) is 24.5 Å². The monoisotopic (exact) mass is 501 g/mol. The summed E-state index contributed by atoms with van der Waals surface area (Å²) in [5.74, 6) is 0.310. The third-order valence-electron chi connectivity index (χ3n) is 6.57. The number of halogens is 1. The number of hydrogen-bond acceptors (Lipinski definition) is 6. The van der Waals surface area contributed by atoms with Crippen molar-refractivity contribution in [3.05, 3.63) is 65.4 Å². The zero-order valence-corrected chi connectivity index (χ0v) is 21.6. The smallest absolute Gasteiger partial charge is 0.340 e. The van der Waals surface area contributed by atoms with Crippen LogP contribution in [0.25, 0.3) is 10.9 Å². The van der Waals surface area contributed by atoms with Gasteiger partial charge >= 0.3 is 5.97 Å². The summed E-state index contributed by atoms with van der Waals surface area (Å²) >= 11 is 0. The third kappa shape index (κ3) is 6.55. The van der Waals surface area contributed by atoms with Crippen LogP contribution in [0.15, 0.2) is 48.5 Å². The molecule has 8 heteroatoms. The molecule has 1 aromatic heterocycles. The molecule has 2 heterocycles. The number of β-amino-alcohol motifs (C(OH)–C–C–N with tert-alkyl or cyclic N) is 1. The van der Waals surface area contributed by atoms with E-state index in [1.165, 1.54) is 5.56 Å². The van der Waals surface area contributed by atoms with Crippen LogP contribution in [0.3, 0.4) is 0 Å². The topological polar surface area (TPSA) is 67.2 Å². The van der Waals surface area contributed by atoms with E-state index in [4.69, 9.17) is 9.47 Å². The highest BCUT2D eigenvalue weighted by Crippen LogP contribution is 2.29. The van der Waals surface area contributed by atoms with Crippen molar-refractivity contribution in [2.24, 2.45) is 7.05 Å². The van der Waals surface area contributed by atoms with Crippen LogP contribution in [0.4, 0.5) is 0 Å². The Morgan fingerprint density at radius 2 is 1.74 bits per heavy atom. The van der Waals surface area contributed by atoms with Crippen molar-refractivity contribution < 1.29 is 19.4 Å². The van der Waals surface area contributed by atoms with Gasteiger partial charge < -0.3 is 19.1 Å². The van der Waals surface area contributed by atoms with Gasteiger partial charge in [0, 0.05) is 62.9 Å². The van der Waals surface area contributed by atoms with Crippen LogP contribution in [-0.4, -0.2) is 77.5 Å². The van der Waals surface area contributed by atoms with Crippen molar-refractivity contribution in [3.63, 3.8) is 0 Å². The third-order valence-corrected chi connectivity index (χ3v) is 6.57. The van der Waals surface area contributed by atoms with Gasteiger partial charge in [-0.3, -0.25) is 9.80 Å². The minimum atomic E-state index is -0.585. The number of carbonyl (C=O) groups is 1. The Kier molecular flexibility index (Phi) is 9.57. The van der Waals surface area contributed by atoms with Gasteiger partial charge in [-0.15, -0.1) is 12.4 Å². The lowest BCUT2D eigenvalue weighted by atomic mass is 10.1. The molecule has 1 atom stereocenters. The highest BCUT2D eigenvalue weighted by atomic mass is 35.5. The number of piperazine rings is 1. The number of nitrogens with zero attached hydrogens (tertiary/aromatic N) is 3. The first-order chi connectivity index (χ1) is 16.5. The van der Waals surface area contributed by atoms with E-state index < -0.39 is 6.10 Å². The van der Waals surface area contributed by atoms with Crippen LogP contribution in [-0.2, 0) is 18.3 Å². The molecule has 35 heavy (non-hydrogen) atoms. The Balaban J connectivity index is 0.00000342. The van der Waals surface area contributed by atoms with E-state index in [1.54, 1.807) is 6.92 Å². The molecule has 1 fully saturated rings. The zero-order chi connectivity index (χ0) is 24.1. The lowest BCUT2D eigenvalue weighted by Crippen LogP contribution is -2.48. The normalized spacial score (nSPS) is 15.5. The fraction of sp³-hybridized carbons (Fsp3) is 0.444. The number of carbonyl (C=O) groups excluding carboxylic acids is 1. The molecule has 3 aromatic rings. The molecule has 1 saturated heterocycles. The van der Waals surface area contributed by atoms with E-state index >= 15 is 0 Å². The second kappa shape index (κ2) is 12.4. The second-order valence-corrected chi connectivity index (χ2v) is 8.95. The number of benzene rings is 2. The molecule has 0 bridgehead atoms. The summed E-state index contributed by atoms with van der Waals surface area (Å²) in [6.45, 7) is 9.65. The zero-order valence-electron chi connectivity index (χ0n) is 20.8. The summed E-state index contributed by atoms with van der Waals surface area (Å²) in [5, 5.41) is 11.4. The van der Waals surface area contributed by atoms with E-state index in [9.17, 15) is 9.90 Å². The maximum absolute atomic E-state index is 12.5. The predicted octanol–water partition coefficient (Wildman–Crippen LogP) is 3.64. The highest BCUT2D eigenvalue weighted by Gasteiger charge is 2.22. The maximum Gasteiger partial charge on any atom is 0.340 e. The number of fused-ring (bicyclic) bond motifs is 1. The van der Waals surface area contributed by atoms with Gasteiger partial charge in [0.2, 0.25) is 0 Å². The van der Waals surface area contributed by atoms with E-state index in [-0.39, 0.29) is 25.0 Å². The molecule has 1 aliphatic heterocycles. The minimum absolute atomic E-state index is 0. The molecule has 7 nitrogen and oxygen atoms in total. The molecule has 0 spiro atoms. The largest absolute Gasteiger partial charge is 0.491 e. The summed E-state index contributed by atoms with van der Waals surface area (Å²) in [5.41, 5.74) is 3.71. The van der Waals surface area contributed by atoms with Crippen LogP contribution in [0, 0.1) is 6.92 Å². The van der Waals surface area contributed by atoms with Crippen molar-refractivity contribution in [3.8, 4) is 5.75 Å². The number of aromatic nitrogens is 1. The van der Waals surface area contributed by atoms with Crippen molar-refractivity contribution in [2.75, 3.05) is 45.9 Å². The maximum atomic E-state index is 12.5. The molecule has 2 aromatic carbocycles. The first-order valence-electron chi connectivity index (χ1n) is 12.0. The van der Waals surface area contributed by atoms with Gasteiger partial charge in [-0.25, -0.2) is 4.79 Å². The molecule has 1 N–H and O–H groups in total. The van der Waals surface area contributed by atoms with Gasteiger partial charge in [0.05, 0.1) is 12.2 Å². The quantitative estimate of drug-likeness (QED) is 0.451. The number of aryl methyl sites for hydroxylation is 1. The summed E-state index contributed by atoms with van der Waals surface area (Å²) in [6, 6.07) is 16.2. The fourth-order valence-electron chi connectivity index (χ4n) is 4.62. The summed E-state index contributed by atoms with van der Waals surface area (Å²) in [6.07, 6.45) is -0.585. The number of aliphatic hydroxyl groups is 1. The van der Waals surface area contributed by atoms with Crippen molar-refractivity contribution in [1.82, 2.24) is 14.4 Å². The first kappa shape index (κ1) is 27.0. The van der Waals surface area contributed by atoms with Gasteiger partial charge in [-0.05, 0) is 37.6 Å². The Hall–Kier alpha value is -2.58. The van der Waals surface area contributed by atoms with Crippen molar-refractivity contribution in [1.29, 1.82) is 0 Å². The standard InChI is InChI=1S/C27H35N3O4.ClH/c1-4-33-27(32)26-20(2)28(3)25-11-10-23(16-24(25)26)34-19-22(31)18-30-14-12-29(13-15-30)17-21-8-6-5-7-9-21;/h5-11,16,22,31H,4,12-15,17-19H2,1-3H3;1H. The van der Waals surface area contributed by atoms with Crippen molar-refractivity contribution in [2.45, 2.75) is 26.5 Å². The van der Waals surface area contributed by atoms with Gasteiger partial charge in [0.15, 0.2) is 0 Å². The van der Waals surface area contributed by atoms with Crippen LogP contribution >= 0.6 is 12.4 Å². The Morgan fingerprint density at radius 1 is 1.06 bits per heavy atom. The molecule has 0 amide bonds. The van der Waals surface area contributed by atoms with Crippen LogP contribution in [0.1, 0.15) is 28.5 Å². The molecule has 190 valence electrons. The average molecular weight is 502 g/mol. The molecular formula is C27H36ClN3O4. The van der Waals surface area contributed by atoms with Crippen molar-refractivity contribution >= 4 is 29.3 Å². The predicted molar refractivity (Wildman–Crippen MR) is 141 cm³/mol. The van der Waals surface area contributed by atoms with Gasteiger partial charge in [0.1, 0.15) is 18.5 Å². The number of rotatable bonds is 9. The fourth-order valence-corrected chi connectivity index (χ4v) is 4.62. The lowest BCUT2D eigenvalue weighted by molar-refractivity contribution is 0.0446. The number of esters is 1. The van der Waals surface area contributed by atoms with Gasteiger partial charge in [0.25, 0.3) is 0 Å². The number of aliphatic hydroxyl groups excluding tert-OH is 1. The van der Waals surface area contributed by atoms with E-state index in [1.807, 2.05) is 42.8 Å². The Bertz CT molecular complexity index is 1110. The molecule has 1 aliphatic rings. The van der Waals surface area contributed by atoms with Crippen LogP contribution in [0.5, 0.6) is 5.75 Å². The van der Waals surface area contributed by atoms with Crippen LogP contribution < -0.4 is 4.74 Å². The minimum Gasteiger partial charge on any atom is -0.491 e. The number of ether oxygens (including phenoxy) is 2. The van der Waals surface area contributed by atoms with Gasteiger partial charge in [-0.1, -0.05) is 30.3 Å². The molecule has 4 rings (SSSR count). The lowest BCUT2D eigenvalue weighted by Gasteiger charge is -2.35. The highest BCUT2D eigenvalue weighted by molar-refractivity contribution is 6.06. The summed E-state index contributed by atoms with van der Waals surface area (Å²) in [4.78, 5) is 17.2. The Labute approximate surface area is 213 Å². The molecule has 1 unspecified atom stereocenters. The Morgan fingerprint density at radius 3 is 2.43 bits per heavy atom. The average Bonchev–Trinajstić information content (AvgIpc) is 3.09. The number of hydrogen-bond donors (Lipinski definition) is 1. The molecular weight excluding hydrogens is 466 g/mol. The second-order valence-electron chi connectivity index (χ2n) is 8.95. The summed E-state index contributed by atoms with van der Waals surface area (Å²) in [7, 11) is 1.93. The van der Waals surface area contributed by atoms with Gasteiger partial charge in [-0.2, -0.15) is 0 Å².